The number of primary amides is 2. The Morgan fingerprint density at radius 3 is 2.36 bits per heavy atom. The Hall–Kier alpha value is -1.45. The molecular formula is C16H23N3O4S2. The zero-order valence-electron chi connectivity index (χ0n) is 13.9. The summed E-state index contributed by atoms with van der Waals surface area (Å²) in [5, 5.41) is 0. The minimum absolute atomic E-state index is 0.133. The molecule has 3 rings (SSSR count). The van der Waals surface area contributed by atoms with E-state index in [-0.39, 0.29) is 21.6 Å². The predicted molar refractivity (Wildman–Crippen MR) is 94.7 cm³/mol. The van der Waals surface area contributed by atoms with Crippen LogP contribution < -0.4 is 11.5 Å². The standard InChI is InChI=1S/C16H23N3O4S2/c17-15(20)11-6-4-5-10(11)14-12(16(18)21)9-13(24-14)25(22,23)19-7-2-1-3-8-19/h9-11H,1-8H2,(H2,17,20)(H2,18,21). The number of piperidine rings is 1. The molecule has 0 aromatic carbocycles. The summed E-state index contributed by atoms with van der Waals surface area (Å²) in [5.74, 6) is -1.68. The number of nitrogens with zero attached hydrogens (tertiary/aromatic N) is 1. The Morgan fingerprint density at radius 1 is 1.08 bits per heavy atom. The Kier molecular flexibility index (Phi) is 5.17. The van der Waals surface area contributed by atoms with Gasteiger partial charge in [0.1, 0.15) is 4.21 Å². The van der Waals surface area contributed by atoms with Gasteiger partial charge in [-0.1, -0.05) is 12.8 Å². The molecule has 2 amide bonds. The molecule has 4 N–H and O–H groups in total. The smallest absolute Gasteiger partial charge is 0.252 e. The first kappa shape index (κ1) is 18.3. The molecule has 25 heavy (non-hydrogen) atoms. The first-order valence-corrected chi connectivity index (χ1v) is 10.8. The molecule has 1 aliphatic heterocycles. The van der Waals surface area contributed by atoms with E-state index in [0.29, 0.717) is 30.8 Å². The Balaban J connectivity index is 2.00. The maximum absolute atomic E-state index is 12.9. The van der Waals surface area contributed by atoms with Crippen LogP contribution in [0.25, 0.3) is 0 Å². The lowest BCUT2D eigenvalue weighted by Gasteiger charge is -2.25. The molecule has 138 valence electrons. The Labute approximate surface area is 151 Å². The molecular weight excluding hydrogens is 362 g/mol. The van der Waals surface area contributed by atoms with Gasteiger partial charge in [-0.25, -0.2) is 8.42 Å². The molecule has 7 nitrogen and oxygen atoms in total. The average molecular weight is 386 g/mol. The van der Waals surface area contributed by atoms with Crippen molar-refractivity contribution in [2.24, 2.45) is 17.4 Å². The summed E-state index contributed by atoms with van der Waals surface area (Å²) in [4.78, 5) is 24.2. The van der Waals surface area contributed by atoms with Crippen molar-refractivity contribution in [1.82, 2.24) is 4.31 Å². The second-order valence-corrected chi connectivity index (χ2v) is 9.97. The van der Waals surface area contributed by atoms with Crippen LogP contribution in [0.5, 0.6) is 0 Å². The van der Waals surface area contributed by atoms with Gasteiger partial charge in [-0.2, -0.15) is 4.31 Å². The third-order valence-corrected chi connectivity index (χ3v) is 8.75. The zero-order chi connectivity index (χ0) is 18.2. The highest BCUT2D eigenvalue weighted by Crippen LogP contribution is 2.45. The lowest BCUT2D eigenvalue weighted by atomic mass is 9.92. The molecule has 9 heteroatoms. The molecule has 2 aliphatic rings. The van der Waals surface area contributed by atoms with Gasteiger partial charge in [0.25, 0.3) is 10.0 Å². The minimum atomic E-state index is -3.64. The number of rotatable bonds is 5. The van der Waals surface area contributed by atoms with Gasteiger partial charge < -0.3 is 11.5 Å². The molecule has 1 aromatic heterocycles. The van der Waals surface area contributed by atoms with Crippen LogP contribution in [0, 0.1) is 5.92 Å². The fourth-order valence-corrected chi connectivity index (χ4v) is 7.19. The van der Waals surface area contributed by atoms with Crippen LogP contribution in [-0.4, -0.2) is 37.6 Å². The highest BCUT2D eigenvalue weighted by molar-refractivity contribution is 7.91. The minimum Gasteiger partial charge on any atom is -0.369 e. The number of thiophene rings is 1. The summed E-state index contributed by atoms with van der Waals surface area (Å²) in [6.45, 7) is 0.990. The van der Waals surface area contributed by atoms with Crippen molar-refractivity contribution in [3.05, 3.63) is 16.5 Å². The first-order valence-electron chi connectivity index (χ1n) is 8.55. The maximum atomic E-state index is 12.9. The summed E-state index contributed by atoms with van der Waals surface area (Å²) in [7, 11) is -3.64. The second kappa shape index (κ2) is 7.05. The highest BCUT2D eigenvalue weighted by Gasteiger charge is 2.38. The summed E-state index contributed by atoms with van der Waals surface area (Å²) < 4.78 is 27.4. The number of carbonyl (C=O) groups is 2. The van der Waals surface area contributed by atoms with E-state index in [1.807, 2.05) is 0 Å². The summed E-state index contributed by atoms with van der Waals surface area (Å²) in [6.07, 6.45) is 4.89. The van der Waals surface area contributed by atoms with Crippen LogP contribution in [0.1, 0.15) is 59.7 Å². The molecule has 2 fully saturated rings. The average Bonchev–Trinajstić information content (AvgIpc) is 3.22. The van der Waals surface area contributed by atoms with Crippen LogP contribution >= 0.6 is 11.3 Å². The number of sulfonamides is 1. The fraction of sp³-hybridized carbons (Fsp3) is 0.625. The summed E-state index contributed by atoms with van der Waals surface area (Å²) in [5.41, 5.74) is 11.2. The molecule has 2 heterocycles. The van der Waals surface area contributed by atoms with Gasteiger partial charge >= 0.3 is 0 Å². The van der Waals surface area contributed by atoms with E-state index in [9.17, 15) is 18.0 Å². The SMILES string of the molecule is NC(=O)c1cc(S(=O)(=O)N2CCCCC2)sc1C1CCCC1C(N)=O. The van der Waals surface area contributed by atoms with Gasteiger partial charge in [0.05, 0.1) is 5.56 Å². The number of amides is 2. The van der Waals surface area contributed by atoms with E-state index < -0.39 is 21.8 Å². The zero-order valence-corrected chi connectivity index (χ0v) is 15.6. The van der Waals surface area contributed by atoms with Crippen LogP contribution in [0.2, 0.25) is 0 Å². The highest BCUT2D eigenvalue weighted by atomic mass is 32.2. The molecule has 0 spiro atoms. The fourth-order valence-electron chi connectivity index (χ4n) is 3.82. The quantitative estimate of drug-likeness (QED) is 0.795. The van der Waals surface area contributed by atoms with Crippen molar-refractivity contribution >= 4 is 33.2 Å². The molecule has 2 atom stereocenters. The summed E-state index contributed by atoms with van der Waals surface area (Å²) in [6, 6.07) is 1.38. The van der Waals surface area contributed by atoms with Crippen molar-refractivity contribution < 1.29 is 18.0 Å². The topological polar surface area (TPSA) is 124 Å². The molecule has 1 aromatic rings. The number of hydrogen-bond donors (Lipinski definition) is 2. The third-order valence-electron chi connectivity index (χ3n) is 5.13. The number of nitrogens with two attached hydrogens (primary N) is 2. The van der Waals surface area contributed by atoms with Crippen LogP contribution in [-0.2, 0) is 14.8 Å². The van der Waals surface area contributed by atoms with Crippen molar-refractivity contribution in [2.45, 2.75) is 48.7 Å². The van der Waals surface area contributed by atoms with E-state index in [0.717, 1.165) is 37.0 Å². The summed E-state index contributed by atoms with van der Waals surface area (Å²) >= 11 is 1.07. The van der Waals surface area contributed by atoms with E-state index >= 15 is 0 Å². The monoisotopic (exact) mass is 385 g/mol. The van der Waals surface area contributed by atoms with Gasteiger partial charge in [-0.15, -0.1) is 11.3 Å². The molecule has 1 saturated carbocycles. The second-order valence-electron chi connectivity index (χ2n) is 6.72. The largest absolute Gasteiger partial charge is 0.369 e. The van der Waals surface area contributed by atoms with E-state index in [4.69, 9.17) is 11.5 Å². The molecule has 0 bridgehead atoms. The lowest BCUT2D eigenvalue weighted by molar-refractivity contribution is -0.122. The van der Waals surface area contributed by atoms with Crippen LogP contribution in [0.4, 0.5) is 0 Å². The van der Waals surface area contributed by atoms with Crippen molar-refractivity contribution in [3.63, 3.8) is 0 Å². The number of carbonyl (C=O) groups excluding carboxylic acids is 2. The normalized spacial score (nSPS) is 25.1. The van der Waals surface area contributed by atoms with Gasteiger partial charge in [0.2, 0.25) is 11.8 Å². The van der Waals surface area contributed by atoms with E-state index in [2.05, 4.69) is 0 Å². The lowest BCUT2D eigenvalue weighted by Crippen LogP contribution is -2.35. The Morgan fingerprint density at radius 2 is 1.76 bits per heavy atom. The predicted octanol–water partition coefficient (Wildman–Crippen LogP) is 1.39. The molecule has 0 radical (unpaired) electrons. The van der Waals surface area contributed by atoms with Crippen LogP contribution in [0.15, 0.2) is 10.3 Å². The van der Waals surface area contributed by atoms with E-state index in [1.165, 1.54) is 10.4 Å². The van der Waals surface area contributed by atoms with Crippen LogP contribution in [0.3, 0.4) is 0 Å². The molecule has 2 unspecified atom stereocenters. The van der Waals surface area contributed by atoms with E-state index in [1.54, 1.807) is 0 Å². The molecule has 1 aliphatic carbocycles. The van der Waals surface area contributed by atoms with Gasteiger partial charge in [0.15, 0.2) is 0 Å². The third kappa shape index (κ3) is 3.45. The van der Waals surface area contributed by atoms with Gasteiger partial charge in [-0.05, 0) is 31.7 Å². The Bertz CT molecular complexity index is 781. The van der Waals surface area contributed by atoms with Gasteiger partial charge in [-0.3, -0.25) is 9.59 Å². The van der Waals surface area contributed by atoms with Crippen molar-refractivity contribution in [2.75, 3.05) is 13.1 Å². The first-order chi connectivity index (χ1) is 11.8. The van der Waals surface area contributed by atoms with Gasteiger partial charge in [0, 0.05) is 29.8 Å². The molecule has 1 saturated heterocycles. The number of hydrogen-bond acceptors (Lipinski definition) is 5. The van der Waals surface area contributed by atoms with Crippen molar-refractivity contribution in [1.29, 1.82) is 0 Å². The van der Waals surface area contributed by atoms with Crippen molar-refractivity contribution in [3.8, 4) is 0 Å². The maximum Gasteiger partial charge on any atom is 0.252 e.